The fourth-order valence-electron chi connectivity index (χ4n) is 3.13. The van der Waals surface area contributed by atoms with Crippen molar-refractivity contribution < 1.29 is 26.2 Å². The minimum Gasteiger partial charge on any atom is -0.165 e. The van der Waals surface area contributed by atoms with Crippen molar-refractivity contribution in [3.05, 3.63) is 64.2 Å². The Balaban J connectivity index is 0.00000161. The summed E-state index contributed by atoms with van der Waals surface area (Å²) in [5.74, 6) is 0. The van der Waals surface area contributed by atoms with Gasteiger partial charge in [-0.25, -0.2) is 0 Å². The molecule has 0 N–H and O–H groups in total. The van der Waals surface area contributed by atoms with Gasteiger partial charge in [0.2, 0.25) is 0 Å². The predicted molar refractivity (Wildman–Crippen MR) is 103 cm³/mol. The van der Waals surface area contributed by atoms with E-state index in [1.807, 2.05) is 0 Å². The number of fused-ring (bicyclic) bond motifs is 1. The third kappa shape index (κ3) is 3.95. The van der Waals surface area contributed by atoms with Gasteiger partial charge >= 0.3 is 0 Å². The molecular weight excluding hydrogens is 402 g/mol. The molecule has 3 heteroatoms. The van der Waals surface area contributed by atoms with Crippen LogP contribution in [-0.2, 0) is 26.2 Å². The molecule has 23 heavy (non-hydrogen) atoms. The molecule has 3 aromatic rings. The normalized spacial score (nSPS) is 9.78. The van der Waals surface area contributed by atoms with Crippen molar-refractivity contribution in [2.75, 3.05) is 0 Å². The van der Waals surface area contributed by atoms with Gasteiger partial charge in [0, 0.05) is 26.2 Å². The van der Waals surface area contributed by atoms with Crippen molar-refractivity contribution in [3.63, 3.8) is 0 Å². The van der Waals surface area contributed by atoms with E-state index in [9.17, 15) is 0 Å². The van der Waals surface area contributed by atoms with E-state index >= 15 is 0 Å². The van der Waals surface area contributed by atoms with Gasteiger partial charge in [-0.2, -0.15) is 6.07 Å². The van der Waals surface area contributed by atoms with Crippen LogP contribution in [0.15, 0.2) is 36.4 Å². The molecular formula is C20H23Cl2Zr-. The summed E-state index contributed by atoms with van der Waals surface area (Å²) in [5.41, 5.74) is 9.62. The maximum atomic E-state index is 2.32. The van der Waals surface area contributed by atoms with Crippen LogP contribution >= 0.6 is 24.8 Å². The second-order valence-corrected chi connectivity index (χ2v) is 5.98. The Morgan fingerprint density at radius 1 is 0.739 bits per heavy atom. The largest absolute Gasteiger partial charge is 0.165 e. The second-order valence-electron chi connectivity index (χ2n) is 5.98. The van der Waals surface area contributed by atoms with Crippen LogP contribution in [0.3, 0.4) is 0 Å². The molecule has 0 radical (unpaired) electrons. The Morgan fingerprint density at radius 3 is 1.87 bits per heavy atom. The van der Waals surface area contributed by atoms with Gasteiger partial charge in [-0.3, -0.25) is 0 Å². The van der Waals surface area contributed by atoms with Crippen molar-refractivity contribution >= 4 is 35.6 Å². The number of hydrogen-bond donors (Lipinski definition) is 0. The minimum absolute atomic E-state index is 0. The SMILES string of the molecule is Cc1ccc(-c2c(C)c(C)c(C)c3[cH-]c(C)cc23)cc1.Cl.Cl.[Zr]. The summed E-state index contributed by atoms with van der Waals surface area (Å²) in [5, 5.41) is 2.80. The molecule has 3 rings (SSSR count). The molecule has 0 saturated heterocycles. The summed E-state index contributed by atoms with van der Waals surface area (Å²) < 4.78 is 0. The van der Waals surface area contributed by atoms with E-state index in [-0.39, 0.29) is 51.0 Å². The molecule has 0 fully saturated rings. The first-order valence-electron chi connectivity index (χ1n) is 7.23. The predicted octanol–water partition coefficient (Wildman–Crippen LogP) is 6.61. The number of rotatable bonds is 1. The molecule has 0 atom stereocenters. The smallest absolute Gasteiger partial charge is 0 e. The van der Waals surface area contributed by atoms with E-state index in [1.165, 1.54) is 49.7 Å². The van der Waals surface area contributed by atoms with Crippen LogP contribution < -0.4 is 0 Å². The van der Waals surface area contributed by atoms with Gasteiger partial charge in [0.25, 0.3) is 0 Å². The molecule has 0 heterocycles. The first kappa shape index (κ1) is 22.5. The zero-order chi connectivity index (χ0) is 14.4. The molecule has 122 valence electrons. The van der Waals surface area contributed by atoms with Gasteiger partial charge in [-0.15, -0.1) is 52.8 Å². The summed E-state index contributed by atoms with van der Waals surface area (Å²) in [6, 6.07) is 13.5. The molecule has 0 aliphatic heterocycles. The molecule has 0 aromatic heterocycles. The topological polar surface area (TPSA) is 0 Å². The molecule has 0 spiro atoms. The Kier molecular flexibility index (Phi) is 8.38. The molecule has 0 saturated carbocycles. The van der Waals surface area contributed by atoms with Gasteiger partial charge in [0.15, 0.2) is 0 Å². The monoisotopic (exact) mass is 423 g/mol. The Labute approximate surface area is 171 Å². The van der Waals surface area contributed by atoms with Gasteiger partial charge in [-0.1, -0.05) is 60.4 Å². The molecule has 0 bridgehead atoms. The van der Waals surface area contributed by atoms with Crippen molar-refractivity contribution in [1.82, 2.24) is 0 Å². The van der Waals surface area contributed by atoms with E-state index in [2.05, 4.69) is 71.0 Å². The van der Waals surface area contributed by atoms with E-state index < -0.39 is 0 Å². The van der Waals surface area contributed by atoms with Gasteiger partial charge < -0.3 is 0 Å². The van der Waals surface area contributed by atoms with Crippen LogP contribution in [0, 0.1) is 34.6 Å². The fraction of sp³-hybridized carbons (Fsp3) is 0.250. The molecule has 0 unspecified atom stereocenters. The van der Waals surface area contributed by atoms with Crippen LogP contribution in [0.4, 0.5) is 0 Å². The van der Waals surface area contributed by atoms with Crippen LogP contribution in [0.5, 0.6) is 0 Å². The van der Waals surface area contributed by atoms with Crippen LogP contribution in [-0.4, -0.2) is 0 Å². The first-order valence-corrected chi connectivity index (χ1v) is 7.23. The summed E-state index contributed by atoms with van der Waals surface area (Å²) in [6.45, 7) is 11.1. The second kappa shape index (κ2) is 8.56. The Morgan fingerprint density at radius 2 is 1.30 bits per heavy atom. The van der Waals surface area contributed by atoms with E-state index in [0.29, 0.717) is 0 Å². The van der Waals surface area contributed by atoms with E-state index in [1.54, 1.807) is 0 Å². The summed E-state index contributed by atoms with van der Waals surface area (Å²) >= 11 is 0. The van der Waals surface area contributed by atoms with Crippen LogP contribution in [0.25, 0.3) is 21.9 Å². The average Bonchev–Trinajstić information content (AvgIpc) is 2.80. The van der Waals surface area contributed by atoms with Crippen LogP contribution in [0.1, 0.15) is 27.8 Å². The van der Waals surface area contributed by atoms with Crippen molar-refractivity contribution in [3.8, 4) is 11.1 Å². The third-order valence-electron chi connectivity index (χ3n) is 4.55. The summed E-state index contributed by atoms with van der Waals surface area (Å²) in [4.78, 5) is 0. The van der Waals surface area contributed by atoms with E-state index in [0.717, 1.165) is 0 Å². The summed E-state index contributed by atoms with van der Waals surface area (Å²) in [6.07, 6.45) is 0. The Hall–Kier alpha value is -0.487. The first-order chi connectivity index (χ1) is 9.49. The molecule has 0 aliphatic rings. The standard InChI is InChI=1S/C20H21.2ClH.Zr/c1-12-6-8-17(9-7-12)20-16(5)14(3)15(4)18-10-13(2)11-19(18)20;;;/h6-11H,1-5H3;2*1H;/q-1;;;. The van der Waals surface area contributed by atoms with Crippen molar-refractivity contribution in [2.24, 2.45) is 0 Å². The quantitative estimate of drug-likeness (QED) is 0.385. The molecule has 0 nitrogen and oxygen atoms in total. The average molecular weight is 426 g/mol. The number of hydrogen-bond acceptors (Lipinski definition) is 0. The summed E-state index contributed by atoms with van der Waals surface area (Å²) in [7, 11) is 0. The number of benzene rings is 2. The molecule has 3 aromatic carbocycles. The fourth-order valence-corrected chi connectivity index (χ4v) is 3.13. The van der Waals surface area contributed by atoms with Gasteiger partial charge in [-0.05, 0) is 26.3 Å². The number of aryl methyl sites for hydroxylation is 3. The van der Waals surface area contributed by atoms with Crippen molar-refractivity contribution in [2.45, 2.75) is 34.6 Å². The van der Waals surface area contributed by atoms with Gasteiger partial charge in [0.05, 0.1) is 0 Å². The number of halogens is 2. The maximum Gasteiger partial charge on any atom is 0 e. The van der Waals surface area contributed by atoms with Crippen LogP contribution in [0.2, 0.25) is 0 Å². The zero-order valence-corrected chi connectivity index (χ0v) is 18.4. The molecule has 0 aliphatic carbocycles. The maximum absolute atomic E-state index is 2.32. The third-order valence-corrected chi connectivity index (χ3v) is 4.55. The van der Waals surface area contributed by atoms with Crippen molar-refractivity contribution in [1.29, 1.82) is 0 Å². The van der Waals surface area contributed by atoms with E-state index in [4.69, 9.17) is 0 Å². The zero-order valence-electron chi connectivity index (χ0n) is 14.3. The minimum atomic E-state index is 0. The molecule has 0 amide bonds. The Bertz CT molecular complexity index is 799. The van der Waals surface area contributed by atoms with Gasteiger partial charge in [0.1, 0.15) is 0 Å².